The van der Waals surface area contributed by atoms with Crippen LogP contribution in [0, 0.1) is 5.92 Å². The van der Waals surface area contributed by atoms with Gasteiger partial charge in [0.25, 0.3) is 0 Å². The summed E-state index contributed by atoms with van der Waals surface area (Å²) in [6.45, 7) is 2.25. The van der Waals surface area contributed by atoms with Crippen molar-refractivity contribution in [2.75, 3.05) is 0 Å². The van der Waals surface area contributed by atoms with Gasteiger partial charge in [0.1, 0.15) is 0 Å². The van der Waals surface area contributed by atoms with Crippen molar-refractivity contribution < 1.29 is 4.79 Å². The number of hydrogen-bond acceptors (Lipinski definition) is 2. The van der Waals surface area contributed by atoms with Gasteiger partial charge in [-0.3, -0.25) is 4.79 Å². The minimum absolute atomic E-state index is 0.0269. The summed E-state index contributed by atoms with van der Waals surface area (Å²) in [6, 6.07) is 0. The Bertz CT molecular complexity index is 224. The molecule has 2 unspecified atom stereocenters. The average Bonchev–Trinajstić information content (AvgIpc) is 2.27. The van der Waals surface area contributed by atoms with Crippen LogP contribution >= 0.6 is 11.8 Å². The van der Waals surface area contributed by atoms with Crippen molar-refractivity contribution in [2.24, 2.45) is 10.9 Å². The van der Waals surface area contributed by atoms with E-state index in [2.05, 4.69) is 11.9 Å². The van der Waals surface area contributed by atoms with Crippen LogP contribution in [0.3, 0.4) is 0 Å². The highest BCUT2D eigenvalue weighted by atomic mass is 32.2. The smallest absolute Gasteiger partial charge is 0.259 e. The largest absolute Gasteiger partial charge is 0.305 e. The summed E-state index contributed by atoms with van der Waals surface area (Å²) in [5, 5.41) is 0.463. The number of carbonyl (C=O) groups excluding carboxylic acids is 1. The van der Waals surface area contributed by atoms with E-state index < -0.39 is 0 Å². The minimum Gasteiger partial charge on any atom is -0.259 e. The second kappa shape index (κ2) is 2.63. The van der Waals surface area contributed by atoms with Crippen molar-refractivity contribution >= 4 is 22.7 Å². The van der Waals surface area contributed by atoms with E-state index in [-0.39, 0.29) is 5.24 Å². The SMILES string of the molecule is CC1CCC2=NC(=O)SC2C1. The second-order valence-electron chi connectivity index (χ2n) is 3.36. The third-order valence-electron chi connectivity index (χ3n) is 2.36. The molecule has 2 atom stereocenters. The van der Waals surface area contributed by atoms with E-state index in [9.17, 15) is 4.79 Å². The van der Waals surface area contributed by atoms with Crippen molar-refractivity contribution in [3.63, 3.8) is 0 Å². The summed E-state index contributed by atoms with van der Waals surface area (Å²) < 4.78 is 0. The molecule has 2 rings (SSSR count). The molecule has 0 aromatic carbocycles. The Morgan fingerprint density at radius 3 is 3.27 bits per heavy atom. The second-order valence-corrected chi connectivity index (χ2v) is 4.51. The van der Waals surface area contributed by atoms with Gasteiger partial charge in [0.15, 0.2) is 0 Å². The van der Waals surface area contributed by atoms with E-state index in [0.29, 0.717) is 5.25 Å². The lowest BCUT2D eigenvalue weighted by molar-refractivity contribution is 0.268. The fourth-order valence-corrected chi connectivity index (χ4v) is 2.83. The molecule has 1 fully saturated rings. The zero-order valence-electron chi connectivity index (χ0n) is 6.54. The molecule has 0 saturated heterocycles. The summed E-state index contributed by atoms with van der Waals surface area (Å²) in [7, 11) is 0. The van der Waals surface area contributed by atoms with E-state index in [4.69, 9.17) is 0 Å². The van der Waals surface area contributed by atoms with Crippen molar-refractivity contribution in [3.8, 4) is 0 Å². The molecule has 1 aliphatic heterocycles. The first kappa shape index (κ1) is 7.35. The molecule has 1 heterocycles. The van der Waals surface area contributed by atoms with Gasteiger partial charge in [-0.05, 0) is 25.2 Å². The van der Waals surface area contributed by atoms with E-state index in [1.165, 1.54) is 18.2 Å². The van der Waals surface area contributed by atoms with Crippen molar-refractivity contribution in [1.82, 2.24) is 0 Å². The molecule has 11 heavy (non-hydrogen) atoms. The van der Waals surface area contributed by atoms with Crippen LogP contribution in [0.2, 0.25) is 0 Å². The van der Waals surface area contributed by atoms with Crippen LogP contribution in [0.1, 0.15) is 26.2 Å². The Labute approximate surface area is 70.5 Å². The Hall–Kier alpha value is -0.310. The van der Waals surface area contributed by atoms with Gasteiger partial charge in [-0.2, -0.15) is 0 Å². The number of rotatable bonds is 0. The molecule has 60 valence electrons. The number of aliphatic imine (C=N–C) groups is 1. The lowest BCUT2D eigenvalue weighted by Gasteiger charge is -2.22. The maximum Gasteiger partial charge on any atom is 0.305 e. The van der Waals surface area contributed by atoms with Crippen LogP contribution in [0.4, 0.5) is 4.79 Å². The predicted octanol–water partition coefficient (Wildman–Crippen LogP) is 2.48. The molecule has 1 saturated carbocycles. The zero-order valence-corrected chi connectivity index (χ0v) is 7.36. The van der Waals surface area contributed by atoms with Gasteiger partial charge in [0.2, 0.25) is 0 Å². The third kappa shape index (κ3) is 1.34. The molecule has 0 aromatic rings. The first-order chi connectivity index (χ1) is 5.25. The molecule has 1 amide bonds. The maximum absolute atomic E-state index is 10.9. The van der Waals surface area contributed by atoms with Crippen LogP contribution in [0.25, 0.3) is 0 Å². The van der Waals surface area contributed by atoms with E-state index in [0.717, 1.165) is 24.5 Å². The average molecular weight is 169 g/mol. The molecular formula is C8H11NOS. The van der Waals surface area contributed by atoms with Gasteiger partial charge in [-0.15, -0.1) is 0 Å². The Kier molecular flexibility index (Phi) is 1.75. The predicted molar refractivity (Wildman–Crippen MR) is 47.2 cm³/mol. The molecule has 2 nitrogen and oxygen atoms in total. The summed E-state index contributed by atoms with van der Waals surface area (Å²) in [6.07, 6.45) is 3.41. The Morgan fingerprint density at radius 2 is 2.45 bits per heavy atom. The van der Waals surface area contributed by atoms with E-state index >= 15 is 0 Å². The van der Waals surface area contributed by atoms with E-state index in [1.807, 2.05) is 0 Å². The number of carbonyl (C=O) groups is 1. The van der Waals surface area contributed by atoms with Crippen LogP contribution in [0.15, 0.2) is 4.99 Å². The lowest BCUT2D eigenvalue weighted by atomic mass is 9.89. The highest BCUT2D eigenvalue weighted by Gasteiger charge is 2.32. The molecule has 3 heteroatoms. The molecular weight excluding hydrogens is 158 g/mol. The normalized spacial score (nSPS) is 36.8. The van der Waals surface area contributed by atoms with Gasteiger partial charge in [0.05, 0.1) is 5.25 Å². The standard InChI is InChI=1S/C8H11NOS/c1-5-2-3-6-7(4-5)11-8(10)9-6/h5,7H,2-4H2,1H3. The Morgan fingerprint density at radius 1 is 1.64 bits per heavy atom. The van der Waals surface area contributed by atoms with Crippen LogP contribution in [-0.4, -0.2) is 16.2 Å². The fourth-order valence-electron chi connectivity index (χ4n) is 1.68. The van der Waals surface area contributed by atoms with Gasteiger partial charge in [0, 0.05) is 5.71 Å². The highest BCUT2D eigenvalue weighted by Crippen LogP contribution is 2.35. The number of hydrogen-bond donors (Lipinski definition) is 0. The first-order valence-electron chi connectivity index (χ1n) is 4.04. The van der Waals surface area contributed by atoms with Gasteiger partial charge in [-0.25, -0.2) is 4.99 Å². The summed E-state index contributed by atoms with van der Waals surface area (Å²) in [5.74, 6) is 0.775. The van der Waals surface area contributed by atoms with Crippen LogP contribution in [-0.2, 0) is 0 Å². The van der Waals surface area contributed by atoms with Crippen LogP contribution in [0.5, 0.6) is 0 Å². The van der Waals surface area contributed by atoms with E-state index in [1.54, 1.807) is 0 Å². The summed E-state index contributed by atoms with van der Waals surface area (Å²) in [5.41, 5.74) is 1.15. The minimum atomic E-state index is 0.0269. The topological polar surface area (TPSA) is 29.4 Å². The quantitative estimate of drug-likeness (QED) is 0.557. The molecule has 0 spiro atoms. The Balaban J connectivity index is 2.13. The fraction of sp³-hybridized carbons (Fsp3) is 0.750. The number of amides is 1. The summed E-state index contributed by atoms with van der Waals surface area (Å²) in [4.78, 5) is 14.9. The van der Waals surface area contributed by atoms with Crippen molar-refractivity contribution in [2.45, 2.75) is 31.4 Å². The number of fused-ring (bicyclic) bond motifs is 1. The molecule has 0 radical (unpaired) electrons. The molecule has 1 aliphatic carbocycles. The molecule has 0 aromatic heterocycles. The van der Waals surface area contributed by atoms with Gasteiger partial charge in [-0.1, -0.05) is 18.7 Å². The summed E-state index contributed by atoms with van der Waals surface area (Å²) >= 11 is 1.41. The van der Waals surface area contributed by atoms with Crippen molar-refractivity contribution in [1.29, 1.82) is 0 Å². The van der Waals surface area contributed by atoms with Gasteiger partial charge >= 0.3 is 5.24 Å². The van der Waals surface area contributed by atoms with Crippen molar-refractivity contribution in [3.05, 3.63) is 0 Å². The number of thioether (sulfide) groups is 1. The molecule has 0 N–H and O–H groups in total. The lowest BCUT2D eigenvalue weighted by Crippen LogP contribution is -2.22. The highest BCUT2D eigenvalue weighted by molar-refractivity contribution is 8.15. The number of nitrogens with zero attached hydrogens (tertiary/aromatic N) is 1. The maximum atomic E-state index is 10.9. The van der Waals surface area contributed by atoms with Gasteiger partial charge < -0.3 is 0 Å². The third-order valence-corrected chi connectivity index (χ3v) is 3.40. The zero-order chi connectivity index (χ0) is 7.84. The molecule has 0 bridgehead atoms. The first-order valence-corrected chi connectivity index (χ1v) is 4.92. The molecule has 2 aliphatic rings. The van der Waals surface area contributed by atoms with Crippen LogP contribution < -0.4 is 0 Å². The monoisotopic (exact) mass is 169 g/mol.